The standard InChI is InChI=1S/C20H23N/c1-12-13-6-2-3-7-14(13)17-11-20-18(10-16(12)17)15-8-4-5-9-19(15)21-20/h3,5,7,9-14,16-17,21H,2,4,6,8H2,1H3. The smallest absolute Gasteiger partial charge is 0.0421 e. The molecule has 1 heterocycles. The minimum absolute atomic E-state index is 0.720. The highest BCUT2D eigenvalue weighted by atomic mass is 14.7. The van der Waals surface area contributed by atoms with Crippen molar-refractivity contribution in [3.05, 3.63) is 40.1 Å². The van der Waals surface area contributed by atoms with Crippen LogP contribution in [0.2, 0.25) is 0 Å². The monoisotopic (exact) mass is 277 g/mol. The summed E-state index contributed by atoms with van der Waals surface area (Å²) < 4.78 is 0. The Morgan fingerprint density at radius 2 is 2.00 bits per heavy atom. The summed E-state index contributed by atoms with van der Waals surface area (Å²) in [6.45, 7) is 2.50. The third-order valence-electron chi connectivity index (χ3n) is 6.46. The lowest BCUT2D eigenvalue weighted by atomic mass is 9.80. The summed E-state index contributed by atoms with van der Waals surface area (Å²) in [4.78, 5) is 3.68. The van der Waals surface area contributed by atoms with Gasteiger partial charge in [-0.15, -0.1) is 0 Å². The molecule has 5 atom stereocenters. The van der Waals surface area contributed by atoms with Crippen LogP contribution in [0.3, 0.4) is 0 Å². The lowest BCUT2D eigenvalue weighted by molar-refractivity contribution is 0.322. The van der Waals surface area contributed by atoms with E-state index in [1.54, 1.807) is 5.56 Å². The molecule has 5 rings (SSSR count). The highest BCUT2D eigenvalue weighted by Crippen LogP contribution is 2.52. The highest BCUT2D eigenvalue weighted by Gasteiger charge is 2.46. The maximum atomic E-state index is 3.68. The second kappa shape index (κ2) is 4.25. The SMILES string of the molecule is CC1C2C=c3c4c([nH]c3=CC2C2C=CCCC12)C=CCC4. The maximum Gasteiger partial charge on any atom is 0.0421 e. The molecule has 0 aromatic carbocycles. The van der Waals surface area contributed by atoms with Crippen molar-refractivity contribution in [3.63, 3.8) is 0 Å². The van der Waals surface area contributed by atoms with Crippen LogP contribution in [0.25, 0.3) is 18.2 Å². The molecule has 1 saturated carbocycles. The number of H-pyrrole nitrogens is 1. The molecule has 0 amide bonds. The Morgan fingerprint density at radius 1 is 1.05 bits per heavy atom. The Bertz CT molecular complexity index is 760. The van der Waals surface area contributed by atoms with Crippen molar-refractivity contribution in [1.82, 2.24) is 4.98 Å². The fourth-order valence-corrected chi connectivity index (χ4v) is 5.42. The van der Waals surface area contributed by atoms with Gasteiger partial charge in [0.15, 0.2) is 0 Å². The largest absolute Gasteiger partial charge is 0.355 e. The van der Waals surface area contributed by atoms with Crippen molar-refractivity contribution in [2.45, 2.75) is 32.6 Å². The summed E-state index contributed by atoms with van der Waals surface area (Å²) >= 11 is 0. The average Bonchev–Trinajstić information content (AvgIpc) is 3.02. The van der Waals surface area contributed by atoms with Gasteiger partial charge in [-0.25, -0.2) is 0 Å². The van der Waals surface area contributed by atoms with Crippen LogP contribution in [-0.2, 0) is 6.42 Å². The second-order valence-electron chi connectivity index (χ2n) is 7.38. The summed E-state index contributed by atoms with van der Waals surface area (Å²) in [5.41, 5.74) is 2.93. The first-order chi connectivity index (χ1) is 10.3. The van der Waals surface area contributed by atoms with Crippen molar-refractivity contribution in [1.29, 1.82) is 0 Å². The molecule has 1 fully saturated rings. The quantitative estimate of drug-likeness (QED) is 0.702. The third-order valence-corrected chi connectivity index (χ3v) is 6.46. The van der Waals surface area contributed by atoms with E-state index in [2.05, 4.69) is 48.4 Å². The van der Waals surface area contributed by atoms with E-state index in [-0.39, 0.29) is 0 Å². The summed E-state index contributed by atoms with van der Waals surface area (Å²) in [5, 5.41) is 2.93. The van der Waals surface area contributed by atoms with E-state index in [9.17, 15) is 0 Å². The van der Waals surface area contributed by atoms with Gasteiger partial charge in [0.2, 0.25) is 0 Å². The van der Waals surface area contributed by atoms with Crippen molar-refractivity contribution in [2.75, 3.05) is 0 Å². The highest BCUT2D eigenvalue weighted by molar-refractivity contribution is 5.58. The molecule has 4 aliphatic carbocycles. The molecule has 1 nitrogen and oxygen atoms in total. The van der Waals surface area contributed by atoms with Crippen LogP contribution in [0.4, 0.5) is 0 Å². The Balaban J connectivity index is 1.70. The molecular weight excluding hydrogens is 254 g/mol. The van der Waals surface area contributed by atoms with Gasteiger partial charge in [-0.2, -0.15) is 0 Å². The first-order valence-electron chi connectivity index (χ1n) is 8.61. The number of allylic oxidation sites excluding steroid dienone is 3. The van der Waals surface area contributed by atoms with Crippen molar-refractivity contribution < 1.29 is 0 Å². The Hall–Kier alpha value is -1.50. The van der Waals surface area contributed by atoms with Gasteiger partial charge < -0.3 is 4.98 Å². The lowest BCUT2D eigenvalue weighted by Gasteiger charge is -2.25. The van der Waals surface area contributed by atoms with Crippen LogP contribution < -0.4 is 10.6 Å². The molecule has 0 saturated heterocycles. The van der Waals surface area contributed by atoms with Crippen molar-refractivity contribution in [3.8, 4) is 0 Å². The number of aromatic nitrogens is 1. The molecule has 4 aliphatic rings. The molecule has 0 aliphatic heterocycles. The number of hydrogen-bond acceptors (Lipinski definition) is 0. The molecule has 108 valence electrons. The molecule has 0 spiro atoms. The fraction of sp³-hybridized carbons (Fsp3) is 0.500. The van der Waals surface area contributed by atoms with Crippen molar-refractivity contribution >= 4 is 18.2 Å². The first-order valence-corrected chi connectivity index (χ1v) is 8.61. The van der Waals surface area contributed by atoms with E-state index >= 15 is 0 Å². The first kappa shape index (κ1) is 12.1. The minimum Gasteiger partial charge on any atom is -0.355 e. The molecule has 0 bridgehead atoms. The number of aromatic amines is 1. The van der Waals surface area contributed by atoms with E-state index in [1.807, 2.05) is 0 Å². The number of rotatable bonds is 0. The van der Waals surface area contributed by atoms with E-state index < -0.39 is 0 Å². The van der Waals surface area contributed by atoms with Crippen molar-refractivity contribution in [2.24, 2.45) is 29.6 Å². The fourth-order valence-electron chi connectivity index (χ4n) is 5.42. The van der Waals surface area contributed by atoms with Gasteiger partial charge in [0.1, 0.15) is 0 Å². The van der Waals surface area contributed by atoms with Gasteiger partial charge in [-0.1, -0.05) is 37.3 Å². The van der Waals surface area contributed by atoms with Gasteiger partial charge in [0.25, 0.3) is 0 Å². The topological polar surface area (TPSA) is 15.8 Å². The van der Waals surface area contributed by atoms with Crippen LogP contribution in [0, 0.1) is 29.6 Å². The Morgan fingerprint density at radius 3 is 2.95 bits per heavy atom. The molecule has 1 aromatic heterocycles. The Kier molecular flexibility index (Phi) is 2.45. The number of fused-ring (bicyclic) bond motifs is 6. The molecule has 5 unspecified atom stereocenters. The average molecular weight is 277 g/mol. The van der Waals surface area contributed by atoms with Gasteiger partial charge in [0.05, 0.1) is 0 Å². The molecule has 1 N–H and O–H groups in total. The zero-order chi connectivity index (χ0) is 14.0. The summed E-state index contributed by atoms with van der Waals surface area (Å²) in [6.07, 6.45) is 19.8. The van der Waals surface area contributed by atoms with E-state index in [0.29, 0.717) is 0 Å². The zero-order valence-corrected chi connectivity index (χ0v) is 12.7. The van der Waals surface area contributed by atoms with Gasteiger partial charge in [-0.05, 0) is 72.1 Å². The summed E-state index contributed by atoms with van der Waals surface area (Å²) in [6, 6.07) is 0. The van der Waals surface area contributed by atoms with Crippen LogP contribution in [0.5, 0.6) is 0 Å². The molecule has 21 heavy (non-hydrogen) atoms. The van der Waals surface area contributed by atoms with E-state index in [4.69, 9.17) is 0 Å². The summed E-state index contributed by atoms with van der Waals surface area (Å²) in [5.74, 6) is 3.98. The van der Waals surface area contributed by atoms with Crippen LogP contribution in [-0.4, -0.2) is 4.98 Å². The van der Waals surface area contributed by atoms with Crippen LogP contribution in [0.1, 0.15) is 37.4 Å². The lowest BCUT2D eigenvalue weighted by Crippen LogP contribution is -2.34. The molecule has 1 aromatic rings. The normalized spacial score (nSPS) is 38.8. The molecular formula is C20H23N. The number of nitrogens with one attached hydrogen (secondary N) is 1. The zero-order valence-electron chi connectivity index (χ0n) is 12.7. The van der Waals surface area contributed by atoms with Gasteiger partial charge in [0, 0.05) is 11.0 Å². The van der Waals surface area contributed by atoms with Crippen LogP contribution in [0.15, 0.2) is 18.2 Å². The Labute approximate surface area is 126 Å². The molecule has 0 radical (unpaired) electrons. The van der Waals surface area contributed by atoms with Gasteiger partial charge >= 0.3 is 0 Å². The predicted octanol–water partition coefficient (Wildman–Crippen LogP) is 3.01. The summed E-state index contributed by atoms with van der Waals surface area (Å²) in [7, 11) is 0. The molecule has 1 heteroatoms. The predicted molar refractivity (Wildman–Crippen MR) is 87.8 cm³/mol. The van der Waals surface area contributed by atoms with E-state index in [0.717, 1.165) is 29.6 Å². The second-order valence-corrected chi connectivity index (χ2v) is 7.38. The van der Waals surface area contributed by atoms with Gasteiger partial charge in [-0.3, -0.25) is 0 Å². The third kappa shape index (κ3) is 1.58. The minimum atomic E-state index is 0.720. The maximum absolute atomic E-state index is 3.68. The van der Waals surface area contributed by atoms with Crippen LogP contribution >= 0.6 is 0 Å². The number of hydrogen-bond donors (Lipinski definition) is 1. The van der Waals surface area contributed by atoms with E-state index in [1.165, 1.54) is 41.9 Å².